The number of fused-ring (bicyclic) bond motifs is 1. The maximum Gasteiger partial charge on any atom is 0.271 e. The molecule has 0 bridgehead atoms. The molecule has 0 radical (unpaired) electrons. The number of thiophene rings is 1. The summed E-state index contributed by atoms with van der Waals surface area (Å²) in [6.07, 6.45) is 2.19. The van der Waals surface area contributed by atoms with E-state index in [2.05, 4.69) is 41.7 Å². The monoisotopic (exact) mass is 442 g/mol. The van der Waals surface area contributed by atoms with Gasteiger partial charge in [0.25, 0.3) is 5.91 Å². The largest absolute Gasteiger partial charge is 0.488 e. The summed E-state index contributed by atoms with van der Waals surface area (Å²) in [5.41, 5.74) is 4.96. The zero-order valence-corrected chi connectivity index (χ0v) is 19.1. The normalized spacial score (nSPS) is 11.5. The lowest BCUT2D eigenvalue weighted by molar-refractivity contribution is 0.0954. The van der Waals surface area contributed by atoms with Gasteiger partial charge in [-0.1, -0.05) is 61.9 Å². The van der Waals surface area contributed by atoms with Gasteiger partial charge in [0.1, 0.15) is 12.4 Å². The molecule has 1 aromatic heterocycles. The van der Waals surface area contributed by atoms with E-state index in [1.165, 1.54) is 4.88 Å². The van der Waals surface area contributed by atoms with Crippen LogP contribution in [0.4, 0.5) is 0 Å². The highest BCUT2D eigenvalue weighted by Gasteiger charge is 2.08. The van der Waals surface area contributed by atoms with Crippen molar-refractivity contribution >= 4 is 33.7 Å². The van der Waals surface area contributed by atoms with Crippen molar-refractivity contribution in [1.82, 2.24) is 5.43 Å². The molecule has 32 heavy (non-hydrogen) atoms. The van der Waals surface area contributed by atoms with Crippen LogP contribution < -0.4 is 10.2 Å². The van der Waals surface area contributed by atoms with E-state index in [1.807, 2.05) is 55.5 Å². The number of nitrogens with one attached hydrogen (secondary N) is 1. The molecule has 0 fully saturated rings. The fourth-order valence-corrected chi connectivity index (χ4v) is 4.55. The highest BCUT2D eigenvalue weighted by molar-refractivity contribution is 7.14. The fourth-order valence-electron chi connectivity index (χ4n) is 3.49. The van der Waals surface area contributed by atoms with Gasteiger partial charge in [0.2, 0.25) is 0 Å². The molecule has 0 saturated heterocycles. The minimum atomic E-state index is -0.235. The Labute approximate surface area is 192 Å². The molecule has 5 heteroatoms. The lowest BCUT2D eigenvalue weighted by Crippen LogP contribution is -2.19. The van der Waals surface area contributed by atoms with Crippen molar-refractivity contribution < 1.29 is 9.53 Å². The molecule has 0 atom stereocenters. The second kappa shape index (κ2) is 10.2. The van der Waals surface area contributed by atoms with Crippen molar-refractivity contribution in [2.45, 2.75) is 33.3 Å². The maximum absolute atomic E-state index is 12.6. The molecule has 0 aliphatic heterocycles. The number of carbonyl (C=O) groups is 1. The van der Waals surface area contributed by atoms with Gasteiger partial charge in [0.15, 0.2) is 0 Å². The van der Waals surface area contributed by atoms with E-state index in [0.717, 1.165) is 45.5 Å². The van der Waals surface area contributed by atoms with E-state index >= 15 is 0 Å². The Hall–Kier alpha value is -3.44. The van der Waals surface area contributed by atoms with Crippen LogP contribution in [0.25, 0.3) is 10.8 Å². The van der Waals surface area contributed by atoms with Gasteiger partial charge in [-0.15, -0.1) is 11.3 Å². The molecular formula is C27H26N2O2S. The van der Waals surface area contributed by atoms with Crippen LogP contribution in [0.1, 0.15) is 45.9 Å². The van der Waals surface area contributed by atoms with Crippen molar-refractivity contribution in [3.63, 3.8) is 0 Å². The molecule has 4 aromatic rings. The van der Waals surface area contributed by atoms with Gasteiger partial charge in [-0.2, -0.15) is 5.10 Å². The molecule has 1 heterocycles. The van der Waals surface area contributed by atoms with E-state index in [9.17, 15) is 4.79 Å². The molecule has 162 valence electrons. The van der Waals surface area contributed by atoms with E-state index in [0.29, 0.717) is 12.2 Å². The standard InChI is InChI=1S/C27H26N2O2S/c1-3-8-23-15-16-26(32-23)19(2)28-29-27(30)22-12-6-9-20(17-22)18-31-25-14-7-11-21-10-4-5-13-24(21)25/h4-7,9-17H,3,8,18H2,1-2H3,(H,29,30). The van der Waals surface area contributed by atoms with Crippen LogP contribution >= 0.6 is 11.3 Å². The summed E-state index contributed by atoms with van der Waals surface area (Å²) in [7, 11) is 0. The number of amides is 1. The number of nitrogens with zero attached hydrogens (tertiary/aromatic N) is 1. The first-order valence-electron chi connectivity index (χ1n) is 10.8. The molecule has 1 N–H and O–H groups in total. The number of ether oxygens (including phenoxy) is 1. The van der Waals surface area contributed by atoms with Crippen molar-refractivity contribution in [2.75, 3.05) is 0 Å². The van der Waals surface area contributed by atoms with Gasteiger partial charge >= 0.3 is 0 Å². The summed E-state index contributed by atoms with van der Waals surface area (Å²) < 4.78 is 6.06. The minimum absolute atomic E-state index is 0.235. The van der Waals surface area contributed by atoms with E-state index in [-0.39, 0.29) is 5.91 Å². The SMILES string of the molecule is CCCc1ccc(C(C)=NNC(=O)c2cccc(COc3cccc4ccccc34)c2)s1. The van der Waals surface area contributed by atoms with Crippen LogP contribution in [0.15, 0.2) is 84.0 Å². The van der Waals surface area contributed by atoms with Crippen molar-refractivity contribution in [1.29, 1.82) is 0 Å². The average molecular weight is 443 g/mol. The summed E-state index contributed by atoms with van der Waals surface area (Å²) >= 11 is 1.72. The fraction of sp³-hybridized carbons (Fsp3) is 0.185. The Kier molecular flexibility index (Phi) is 6.97. The zero-order chi connectivity index (χ0) is 22.3. The summed E-state index contributed by atoms with van der Waals surface area (Å²) in [6, 6.07) is 25.8. The summed E-state index contributed by atoms with van der Waals surface area (Å²) in [5.74, 6) is 0.596. The quantitative estimate of drug-likeness (QED) is 0.247. The Morgan fingerprint density at radius 3 is 2.69 bits per heavy atom. The molecule has 1 amide bonds. The first-order valence-corrected chi connectivity index (χ1v) is 11.6. The predicted octanol–water partition coefficient (Wildman–Crippen LogP) is 6.59. The number of hydrogen-bond acceptors (Lipinski definition) is 4. The highest BCUT2D eigenvalue weighted by atomic mass is 32.1. The van der Waals surface area contributed by atoms with E-state index in [4.69, 9.17) is 4.74 Å². The Bertz CT molecular complexity index is 1250. The predicted molar refractivity (Wildman–Crippen MR) is 133 cm³/mol. The molecule has 4 nitrogen and oxygen atoms in total. The molecule has 0 saturated carbocycles. The summed E-state index contributed by atoms with van der Waals surface area (Å²) in [6.45, 7) is 4.46. The Balaban J connectivity index is 1.41. The van der Waals surface area contributed by atoms with Crippen LogP contribution in [-0.2, 0) is 13.0 Å². The zero-order valence-electron chi connectivity index (χ0n) is 18.3. The molecule has 0 spiro atoms. The highest BCUT2D eigenvalue weighted by Crippen LogP contribution is 2.26. The van der Waals surface area contributed by atoms with Gasteiger partial charge in [-0.05, 0) is 54.6 Å². The number of hydrazone groups is 1. The number of aryl methyl sites for hydroxylation is 1. The van der Waals surface area contributed by atoms with E-state index in [1.54, 1.807) is 17.4 Å². The van der Waals surface area contributed by atoms with Crippen LogP contribution in [0.5, 0.6) is 5.75 Å². The van der Waals surface area contributed by atoms with Crippen molar-refractivity contribution in [2.24, 2.45) is 5.10 Å². The Morgan fingerprint density at radius 2 is 1.81 bits per heavy atom. The number of benzene rings is 3. The topological polar surface area (TPSA) is 50.7 Å². The van der Waals surface area contributed by atoms with Crippen LogP contribution in [0.3, 0.4) is 0 Å². The third-order valence-electron chi connectivity index (χ3n) is 5.17. The lowest BCUT2D eigenvalue weighted by atomic mass is 10.1. The van der Waals surface area contributed by atoms with Crippen molar-refractivity contribution in [3.8, 4) is 5.75 Å². The molecule has 0 aliphatic rings. The van der Waals surface area contributed by atoms with Crippen molar-refractivity contribution in [3.05, 3.63) is 99.7 Å². The average Bonchev–Trinajstić information content (AvgIpc) is 3.30. The minimum Gasteiger partial charge on any atom is -0.488 e. The number of carbonyl (C=O) groups excluding carboxylic acids is 1. The van der Waals surface area contributed by atoms with E-state index < -0.39 is 0 Å². The molecule has 3 aromatic carbocycles. The summed E-state index contributed by atoms with van der Waals surface area (Å²) in [4.78, 5) is 15.0. The first kappa shape index (κ1) is 21.8. The van der Waals surface area contributed by atoms with Crippen LogP contribution in [-0.4, -0.2) is 11.6 Å². The van der Waals surface area contributed by atoms with Crippen LogP contribution in [0.2, 0.25) is 0 Å². The van der Waals surface area contributed by atoms with Gasteiger partial charge in [0.05, 0.1) is 10.6 Å². The van der Waals surface area contributed by atoms with Gasteiger partial charge in [0, 0.05) is 15.8 Å². The summed E-state index contributed by atoms with van der Waals surface area (Å²) in [5, 5.41) is 6.51. The molecular weight excluding hydrogens is 416 g/mol. The number of hydrogen-bond donors (Lipinski definition) is 1. The second-order valence-electron chi connectivity index (χ2n) is 7.62. The maximum atomic E-state index is 12.6. The molecule has 0 unspecified atom stereocenters. The second-order valence-corrected chi connectivity index (χ2v) is 8.79. The smallest absolute Gasteiger partial charge is 0.271 e. The van der Waals surface area contributed by atoms with Gasteiger partial charge < -0.3 is 4.74 Å². The first-order chi connectivity index (χ1) is 15.6. The van der Waals surface area contributed by atoms with Gasteiger partial charge in [-0.3, -0.25) is 4.79 Å². The van der Waals surface area contributed by atoms with Gasteiger partial charge in [-0.25, -0.2) is 5.43 Å². The Morgan fingerprint density at radius 1 is 1.00 bits per heavy atom. The third-order valence-corrected chi connectivity index (χ3v) is 6.43. The number of rotatable bonds is 8. The molecule has 0 aliphatic carbocycles. The lowest BCUT2D eigenvalue weighted by Gasteiger charge is -2.10. The third kappa shape index (κ3) is 5.24. The molecule has 4 rings (SSSR count). The van der Waals surface area contributed by atoms with Crippen LogP contribution in [0, 0.1) is 0 Å².